The number of hydrogen-bond donors (Lipinski definition) is 2. The van der Waals surface area contributed by atoms with Crippen LogP contribution in [0.2, 0.25) is 0 Å². The van der Waals surface area contributed by atoms with E-state index >= 15 is 0 Å². The summed E-state index contributed by atoms with van der Waals surface area (Å²) in [5, 5.41) is 9.22. The highest BCUT2D eigenvalue weighted by molar-refractivity contribution is 6.00. The number of nitrogens with zero attached hydrogens (tertiary/aromatic N) is 1. The number of aromatic amines is 1. The van der Waals surface area contributed by atoms with E-state index in [4.69, 9.17) is 0 Å². The Morgan fingerprint density at radius 2 is 2.10 bits per heavy atom. The number of fused-ring (bicyclic) bond motifs is 1. The van der Waals surface area contributed by atoms with Crippen LogP contribution in [0.25, 0.3) is 11.0 Å². The van der Waals surface area contributed by atoms with Crippen LogP contribution < -0.4 is 11.1 Å². The summed E-state index contributed by atoms with van der Waals surface area (Å²) >= 11 is 0. The van der Waals surface area contributed by atoms with Crippen molar-refractivity contribution in [1.82, 2.24) is 9.55 Å². The molecule has 1 aliphatic carbocycles. The molecular weight excluding hydrogens is 272 g/mol. The summed E-state index contributed by atoms with van der Waals surface area (Å²) < 4.78 is 1.43. The van der Waals surface area contributed by atoms with Gasteiger partial charge in [-0.3, -0.25) is 9.59 Å². The third kappa shape index (κ3) is 2.16. The van der Waals surface area contributed by atoms with Gasteiger partial charge in [0.25, 0.3) is 0 Å². The Morgan fingerprint density at radius 1 is 1.38 bits per heavy atom. The van der Waals surface area contributed by atoms with Gasteiger partial charge >= 0.3 is 17.1 Å². The molecule has 0 saturated heterocycles. The number of rotatable bonds is 4. The third-order valence-corrected chi connectivity index (χ3v) is 4.44. The Kier molecular flexibility index (Phi) is 2.97. The van der Waals surface area contributed by atoms with Gasteiger partial charge in [-0.25, -0.2) is 4.79 Å². The fourth-order valence-corrected chi connectivity index (χ4v) is 2.77. The highest BCUT2D eigenvalue weighted by Gasteiger charge is 2.41. The van der Waals surface area contributed by atoms with Gasteiger partial charge < -0.3 is 14.7 Å². The van der Waals surface area contributed by atoms with Crippen molar-refractivity contribution in [3.05, 3.63) is 44.5 Å². The van der Waals surface area contributed by atoms with E-state index in [1.165, 1.54) is 10.6 Å². The Morgan fingerprint density at radius 3 is 2.67 bits per heavy atom. The second kappa shape index (κ2) is 4.58. The number of aromatic nitrogens is 2. The van der Waals surface area contributed by atoms with Gasteiger partial charge in [0.2, 0.25) is 0 Å². The first-order chi connectivity index (χ1) is 9.97. The number of nitrogens with one attached hydrogen (secondary N) is 1. The molecule has 0 spiro atoms. The Labute approximate surface area is 120 Å². The van der Waals surface area contributed by atoms with Gasteiger partial charge in [-0.2, -0.15) is 0 Å². The molecule has 2 N–H and O–H groups in total. The Balaban J connectivity index is 2.30. The number of carboxylic acid groups (broad SMARTS) is 1. The summed E-state index contributed by atoms with van der Waals surface area (Å²) in [5.41, 5.74) is -0.641. The predicted molar refractivity (Wildman–Crippen MR) is 77.7 cm³/mol. The SMILES string of the molecule is CCC1(Cn2c(=O)c(=O)[nH]c3c(C(=O)O)cccc32)CC1. The molecule has 0 amide bonds. The Hall–Kier alpha value is -2.37. The second-order valence-electron chi connectivity index (χ2n) is 5.70. The summed E-state index contributed by atoms with van der Waals surface area (Å²) in [6.45, 7) is 2.53. The van der Waals surface area contributed by atoms with Gasteiger partial charge in [-0.05, 0) is 36.8 Å². The average Bonchev–Trinajstić information content (AvgIpc) is 3.23. The van der Waals surface area contributed by atoms with Crippen LogP contribution in [0, 0.1) is 5.41 Å². The van der Waals surface area contributed by atoms with E-state index in [-0.39, 0.29) is 16.5 Å². The van der Waals surface area contributed by atoms with Crippen molar-refractivity contribution in [2.45, 2.75) is 32.7 Å². The van der Waals surface area contributed by atoms with E-state index in [2.05, 4.69) is 11.9 Å². The predicted octanol–water partition coefficient (Wildman–Crippen LogP) is 1.58. The van der Waals surface area contributed by atoms with Gasteiger partial charge in [-0.1, -0.05) is 13.0 Å². The van der Waals surface area contributed by atoms with E-state index in [1.54, 1.807) is 12.1 Å². The van der Waals surface area contributed by atoms with Crippen molar-refractivity contribution >= 4 is 17.0 Å². The fraction of sp³-hybridized carbons (Fsp3) is 0.400. The molecule has 3 rings (SSSR count). The maximum atomic E-state index is 12.2. The zero-order valence-electron chi connectivity index (χ0n) is 11.7. The molecule has 1 saturated carbocycles. The zero-order valence-corrected chi connectivity index (χ0v) is 11.7. The molecule has 0 radical (unpaired) electrons. The van der Waals surface area contributed by atoms with Gasteiger partial charge in [0.15, 0.2) is 0 Å². The molecular formula is C15H16N2O4. The monoisotopic (exact) mass is 288 g/mol. The van der Waals surface area contributed by atoms with Gasteiger partial charge in [0.1, 0.15) is 0 Å². The molecule has 2 aromatic rings. The molecule has 0 unspecified atom stereocenters. The van der Waals surface area contributed by atoms with E-state index < -0.39 is 17.1 Å². The fourth-order valence-electron chi connectivity index (χ4n) is 2.77. The van der Waals surface area contributed by atoms with Crippen LogP contribution >= 0.6 is 0 Å². The van der Waals surface area contributed by atoms with Crippen LogP contribution in [0.3, 0.4) is 0 Å². The van der Waals surface area contributed by atoms with Crippen molar-refractivity contribution in [2.24, 2.45) is 5.41 Å². The molecule has 0 aliphatic heterocycles. The zero-order chi connectivity index (χ0) is 15.2. The lowest BCUT2D eigenvalue weighted by Gasteiger charge is -2.16. The minimum absolute atomic E-state index is 0.000282. The van der Waals surface area contributed by atoms with E-state index in [1.807, 2.05) is 0 Å². The summed E-state index contributed by atoms with van der Waals surface area (Å²) in [7, 11) is 0. The summed E-state index contributed by atoms with van der Waals surface area (Å²) in [5.74, 6) is -1.13. The molecule has 1 heterocycles. The van der Waals surface area contributed by atoms with Crippen molar-refractivity contribution in [1.29, 1.82) is 0 Å². The van der Waals surface area contributed by atoms with Crippen LogP contribution in [-0.4, -0.2) is 20.6 Å². The molecule has 6 nitrogen and oxygen atoms in total. The maximum absolute atomic E-state index is 12.2. The normalized spacial score (nSPS) is 16.0. The number of aromatic carboxylic acids is 1. The largest absolute Gasteiger partial charge is 0.478 e. The summed E-state index contributed by atoms with van der Waals surface area (Å²) in [6.07, 6.45) is 3.00. The number of carbonyl (C=O) groups is 1. The minimum Gasteiger partial charge on any atom is -0.478 e. The Bertz CT molecular complexity index is 843. The average molecular weight is 288 g/mol. The summed E-state index contributed by atoms with van der Waals surface area (Å²) in [6, 6.07) is 4.68. The summed E-state index contributed by atoms with van der Waals surface area (Å²) in [4.78, 5) is 37.7. The highest BCUT2D eigenvalue weighted by atomic mass is 16.4. The molecule has 1 aromatic carbocycles. The van der Waals surface area contributed by atoms with Crippen LogP contribution in [0.4, 0.5) is 0 Å². The first kappa shape index (κ1) is 13.6. The van der Waals surface area contributed by atoms with Gasteiger partial charge in [0, 0.05) is 6.54 Å². The van der Waals surface area contributed by atoms with E-state index in [9.17, 15) is 19.5 Å². The molecule has 110 valence electrons. The lowest BCUT2D eigenvalue weighted by Crippen LogP contribution is -2.38. The molecule has 6 heteroatoms. The number of benzene rings is 1. The molecule has 1 aromatic heterocycles. The minimum atomic E-state index is -1.13. The number of para-hydroxylation sites is 1. The number of carboxylic acids is 1. The van der Waals surface area contributed by atoms with E-state index in [0.717, 1.165) is 19.3 Å². The number of hydrogen-bond acceptors (Lipinski definition) is 3. The van der Waals surface area contributed by atoms with Crippen molar-refractivity contribution in [2.75, 3.05) is 0 Å². The van der Waals surface area contributed by atoms with Crippen LogP contribution in [0.5, 0.6) is 0 Å². The smallest absolute Gasteiger partial charge is 0.337 e. The van der Waals surface area contributed by atoms with E-state index in [0.29, 0.717) is 12.1 Å². The topological polar surface area (TPSA) is 92.2 Å². The lowest BCUT2D eigenvalue weighted by atomic mass is 10.0. The van der Waals surface area contributed by atoms with Crippen LogP contribution in [0.1, 0.15) is 36.5 Å². The third-order valence-electron chi connectivity index (χ3n) is 4.44. The van der Waals surface area contributed by atoms with Gasteiger partial charge in [-0.15, -0.1) is 0 Å². The van der Waals surface area contributed by atoms with Crippen LogP contribution in [-0.2, 0) is 6.54 Å². The molecule has 0 bridgehead atoms. The molecule has 1 aliphatic rings. The first-order valence-corrected chi connectivity index (χ1v) is 6.96. The van der Waals surface area contributed by atoms with Crippen molar-refractivity contribution in [3.63, 3.8) is 0 Å². The quantitative estimate of drug-likeness (QED) is 0.835. The van der Waals surface area contributed by atoms with Crippen molar-refractivity contribution < 1.29 is 9.90 Å². The molecule has 0 atom stereocenters. The van der Waals surface area contributed by atoms with Crippen LogP contribution in [0.15, 0.2) is 27.8 Å². The highest BCUT2D eigenvalue weighted by Crippen LogP contribution is 2.49. The second-order valence-corrected chi connectivity index (χ2v) is 5.70. The number of H-pyrrole nitrogens is 1. The first-order valence-electron chi connectivity index (χ1n) is 6.96. The standard InChI is InChI=1S/C15H16N2O4/c1-2-15(6-7-15)8-17-10-5-3-4-9(14(20)21)11(10)16-12(18)13(17)19/h3-5H,2,6-8H2,1H3,(H,16,18)(H,20,21). The van der Waals surface area contributed by atoms with Crippen molar-refractivity contribution in [3.8, 4) is 0 Å². The molecule has 1 fully saturated rings. The van der Waals surface area contributed by atoms with Gasteiger partial charge in [0.05, 0.1) is 16.6 Å². The maximum Gasteiger partial charge on any atom is 0.337 e. The molecule has 21 heavy (non-hydrogen) atoms. The lowest BCUT2D eigenvalue weighted by molar-refractivity contribution is 0.0699.